The van der Waals surface area contributed by atoms with E-state index >= 15 is 0 Å². The lowest BCUT2D eigenvalue weighted by atomic mass is 10.0. The third kappa shape index (κ3) is 4.28. The second kappa shape index (κ2) is 9.52. The number of allylic oxidation sites excluding steroid dienone is 3. The zero-order valence-corrected chi connectivity index (χ0v) is 20.2. The van der Waals surface area contributed by atoms with Crippen LogP contribution in [0.2, 0.25) is 0 Å². The molecule has 178 valence electrons. The maximum atomic E-state index is 12.9. The van der Waals surface area contributed by atoms with Crippen molar-refractivity contribution in [1.29, 1.82) is 0 Å². The molecule has 3 aliphatic rings. The average molecular weight is 523 g/mol. The van der Waals surface area contributed by atoms with E-state index in [1.807, 2.05) is 0 Å². The third-order valence-electron chi connectivity index (χ3n) is 5.00. The number of hydrogen-bond donors (Lipinski definition) is 3. The number of carbonyl (C=O) groups is 3. The van der Waals surface area contributed by atoms with Crippen LogP contribution in [0.5, 0.6) is 0 Å². The number of thiazole rings is 1. The molecule has 1 saturated heterocycles. The Balaban J connectivity index is 1.54. The maximum Gasteiger partial charge on any atom is 0.352 e. The van der Waals surface area contributed by atoms with Gasteiger partial charge in [0.25, 0.3) is 11.8 Å². The summed E-state index contributed by atoms with van der Waals surface area (Å²) in [6.45, 7) is 1.70. The van der Waals surface area contributed by atoms with E-state index in [0.717, 1.165) is 16.2 Å². The van der Waals surface area contributed by atoms with E-state index in [1.165, 1.54) is 35.9 Å². The fourth-order valence-electron chi connectivity index (χ4n) is 3.43. The summed E-state index contributed by atoms with van der Waals surface area (Å²) in [5.41, 5.74) is 7.74. The van der Waals surface area contributed by atoms with Gasteiger partial charge in [0.15, 0.2) is 10.8 Å². The molecular formula is C19H18N6O6S3. The van der Waals surface area contributed by atoms with E-state index in [1.54, 1.807) is 13.0 Å². The fourth-order valence-corrected chi connectivity index (χ4v) is 6.21. The van der Waals surface area contributed by atoms with Crippen LogP contribution in [0.1, 0.15) is 12.6 Å². The van der Waals surface area contributed by atoms with Crippen LogP contribution in [0.4, 0.5) is 5.13 Å². The summed E-state index contributed by atoms with van der Waals surface area (Å²) in [5.74, 6) is -2.30. The number of thioether (sulfide) groups is 1. The number of nitrogens with two attached hydrogens (primary N) is 1. The standard InChI is InChI=1S/C19H18N6O6S3/c1-8-11(34(30)7-21-8)4-3-9-5-32-17-13(16(27)25(17)14(9)18(28)29)23-15(26)12(24-31-2)10-6-33-19(20)22-10/h3-4,6-7,13,17H,5H2,1-2H3,(H2,20,22)(H,23,26)(H,28,29)/b4-3-,24-12-/t13-,17-,34?/m1/s1. The number of nitrogens with zero attached hydrogens (tertiary/aromatic N) is 4. The van der Waals surface area contributed by atoms with Crippen LogP contribution in [0.15, 0.2) is 49.6 Å². The lowest BCUT2D eigenvalue weighted by Crippen LogP contribution is -2.71. The average Bonchev–Trinajstić information content (AvgIpc) is 3.37. The molecule has 12 nitrogen and oxygen atoms in total. The highest BCUT2D eigenvalue weighted by Gasteiger charge is 2.54. The van der Waals surface area contributed by atoms with E-state index in [2.05, 4.69) is 20.4 Å². The van der Waals surface area contributed by atoms with Gasteiger partial charge in [-0.25, -0.2) is 14.0 Å². The molecule has 2 amide bonds. The third-order valence-corrected chi connectivity index (χ3v) is 8.14. The Labute approximate surface area is 203 Å². The molecule has 1 fully saturated rings. The van der Waals surface area contributed by atoms with Crippen LogP contribution in [-0.4, -0.2) is 72.5 Å². The van der Waals surface area contributed by atoms with Gasteiger partial charge in [-0.15, -0.1) is 23.1 Å². The van der Waals surface area contributed by atoms with E-state index in [9.17, 15) is 23.7 Å². The summed E-state index contributed by atoms with van der Waals surface area (Å²) < 4.78 is 12.0. The number of carbonyl (C=O) groups excluding carboxylic acids is 2. The number of amides is 2. The first-order chi connectivity index (χ1) is 16.2. The molecular weight excluding hydrogens is 504 g/mol. The number of rotatable bonds is 7. The van der Waals surface area contributed by atoms with Crippen molar-refractivity contribution < 1.29 is 28.5 Å². The summed E-state index contributed by atoms with van der Waals surface area (Å²) in [5, 5.41) is 17.2. The SMILES string of the molecule is CO/N=C(\C(=O)N[C@@H]1C(=O)N2C(C(=O)O)=C(/C=C\C3=C(C)N=CS3=O)CS[C@H]12)c1csc(N)n1. The van der Waals surface area contributed by atoms with Gasteiger partial charge in [-0.05, 0) is 18.6 Å². The molecule has 1 aromatic heterocycles. The normalized spacial score (nSPS) is 24.5. The molecule has 0 aromatic carbocycles. The highest BCUT2D eigenvalue weighted by Crippen LogP contribution is 2.41. The van der Waals surface area contributed by atoms with Crippen molar-refractivity contribution in [3.8, 4) is 0 Å². The molecule has 0 radical (unpaired) electrons. The van der Waals surface area contributed by atoms with Crippen LogP contribution in [0, 0.1) is 0 Å². The summed E-state index contributed by atoms with van der Waals surface area (Å²) >= 11 is 2.41. The Hall–Kier alpha value is -3.30. The Bertz CT molecular complexity index is 1260. The Morgan fingerprint density at radius 1 is 1.44 bits per heavy atom. The highest BCUT2D eigenvalue weighted by atomic mass is 32.2. The number of oxime groups is 1. The van der Waals surface area contributed by atoms with Gasteiger partial charge in [-0.1, -0.05) is 11.2 Å². The number of carboxylic acid groups (broad SMARTS) is 1. The molecule has 0 saturated carbocycles. The van der Waals surface area contributed by atoms with E-state index in [-0.39, 0.29) is 28.0 Å². The van der Waals surface area contributed by atoms with Crippen molar-refractivity contribution in [2.24, 2.45) is 10.1 Å². The number of nitrogen functional groups attached to an aromatic ring is 1. The van der Waals surface area contributed by atoms with E-state index < -0.39 is 40.0 Å². The van der Waals surface area contributed by atoms with E-state index in [4.69, 9.17) is 10.6 Å². The number of hydrogen-bond acceptors (Lipinski definition) is 11. The maximum absolute atomic E-state index is 12.9. The Morgan fingerprint density at radius 3 is 2.79 bits per heavy atom. The number of anilines is 1. The first-order valence-corrected chi connectivity index (χ1v) is 12.7. The smallest absolute Gasteiger partial charge is 0.352 e. The zero-order valence-electron chi connectivity index (χ0n) is 17.8. The first kappa shape index (κ1) is 23.8. The molecule has 3 aliphatic heterocycles. The van der Waals surface area contributed by atoms with Crippen molar-refractivity contribution >= 4 is 68.1 Å². The van der Waals surface area contributed by atoms with Gasteiger partial charge in [0.05, 0.1) is 26.9 Å². The lowest BCUT2D eigenvalue weighted by Gasteiger charge is -2.49. The van der Waals surface area contributed by atoms with Crippen LogP contribution in [0.3, 0.4) is 0 Å². The minimum absolute atomic E-state index is 0.157. The molecule has 0 aliphatic carbocycles. The van der Waals surface area contributed by atoms with Gasteiger partial charge in [0.2, 0.25) is 0 Å². The minimum Gasteiger partial charge on any atom is -0.477 e. The van der Waals surface area contributed by atoms with Gasteiger partial charge in [-0.3, -0.25) is 19.5 Å². The zero-order chi connectivity index (χ0) is 24.6. The molecule has 34 heavy (non-hydrogen) atoms. The van der Waals surface area contributed by atoms with Crippen LogP contribution >= 0.6 is 23.1 Å². The van der Waals surface area contributed by atoms with Crippen molar-refractivity contribution in [2.75, 3.05) is 18.6 Å². The predicted octanol–water partition coefficient (Wildman–Crippen LogP) is 0.393. The topological polar surface area (TPSA) is 177 Å². The number of aromatic nitrogens is 1. The Kier molecular flexibility index (Phi) is 6.67. The van der Waals surface area contributed by atoms with Gasteiger partial charge >= 0.3 is 5.97 Å². The number of fused-ring (bicyclic) bond motifs is 1. The first-order valence-electron chi connectivity index (χ1n) is 9.61. The van der Waals surface area contributed by atoms with Gasteiger partial charge in [-0.2, -0.15) is 0 Å². The van der Waals surface area contributed by atoms with Crippen LogP contribution in [-0.2, 0) is 30.0 Å². The minimum atomic E-state index is -1.40. The number of β-lactam (4-membered cyclic amide) rings is 1. The van der Waals surface area contributed by atoms with Gasteiger partial charge in [0.1, 0.15) is 29.9 Å². The molecule has 15 heteroatoms. The molecule has 4 N–H and O–H groups in total. The molecule has 1 unspecified atom stereocenters. The molecule has 4 heterocycles. The van der Waals surface area contributed by atoms with Gasteiger partial charge < -0.3 is 21.0 Å². The quantitative estimate of drug-likeness (QED) is 0.260. The molecule has 1 aromatic rings. The molecule has 4 rings (SSSR count). The van der Waals surface area contributed by atoms with Crippen molar-refractivity contribution in [3.63, 3.8) is 0 Å². The van der Waals surface area contributed by atoms with Crippen LogP contribution in [0.25, 0.3) is 0 Å². The van der Waals surface area contributed by atoms with Crippen LogP contribution < -0.4 is 11.1 Å². The second-order valence-corrected chi connectivity index (χ2v) is 10.3. The number of nitrogens with one attached hydrogen (secondary N) is 1. The largest absolute Gasteiger partial charge is 0.477 e. The highest BCUT2D eigenvalue weighted by molar-refractivity contribution is 8.02. The van der Waals surface area contributed by atoms with E-state index in [0.29, 0.717) is 16.2 Å². The fraction of sp³-hybridized carbons (Fsp3) is 0.263. The summed E-state index contributed by atoms with van der Waals surface area (Å²) in [7, 11) is -0.132. The molecule has 3 atom stereocenters. The number of aliphatic carboxylic acids is 1. The molecule has 0 bridgehead atoms. The second-order valence-electron chi connectivity index (χ2n) is 7.05. The predicted molar refractivity (Wildman–Crippen MR) is 128 cm³/mol. The summed E-state index contributed by atoms with van der Waals surface area (Å²) in [6, 6.07) is -0.962. The lowest BCUT2D eigenvalue weighted by molar-refractivity contribution is -0.150. The molecule has 0 spiro atoms. The summed E-state index contributed by atoms with van der Waals surface area (Å²) in [6.07, 6.45) is 3.08. The monoisotopic (exact) mass is 522 g/mol. The van der Waals surface area contributed by atoms with Crippen molar-refractivity contribution in [1.82, 2.24) is 15.2 Å². The van der Waals surface area contributed by atoms with Gasteiger partial charge in [0, 0.05) is 11.1 Å². The summed E-state index contributed by atoms with van der Waals surface area (Å²) in [4.78, 5) is 52.0. The van der Waals surface area contributed by atoms with Crippen molar-refractivity contribution in [3.05, 3.63) is 45.1 Å². The Morgan fingerprint density at radius 2 is 2.21 bits per heavy atom. The number of carboxylic acids is 1. The van der Waals surface area contributed by atoms with Crippen molar-refractivity contribution in [2.45, 2.75) is 18.3 Å². The number of aliphatic imine (C=N–C) groups is 1.